The van der Waals surface area contributed by atoms with Gasteiger partial charge in [0.1, 0.15) is 11.5 Å². The standard InChI is InChI=1S/C26H32N2O4/c1-3-31-22-12-10-20(11-13-22)8-9-21-14-16-27(17-15-21)26(30)25-18-28(19(2)29)23-6-4-5-7-24(23)32-25/h4-7,10-13,21,25H,3,8-9,14-18H2,1-2H3. The van der Waals surface area contributed by atoms with Crippen molar-refractivity contribution < 1.29 is 19.1 Å². The molecule has 2 heterocycles. The van der Waals surface area contributed by atoms with Gasteiger partial charge in [-0.2, -0.15) is 0 Å². The number of amides is 2. The van der Waals surface area contributed by atoms with Gasteiger partial charge in [0.25, 0.3) is 5.91 Å². The number of ether oxygens (including phenoxy) is 2. The Bertz CT molecular complexity index is 935. The predicted octanol–water partition coefficient (Wildman–Crippen LogP) is 4.07. The minimum absolute atomic E-state index is 0.0179. The first-order valence-electron chi connectivity index (χ1n) is 11.6. The summed E-state index contributed by atoms with van der Waals surface area (Å²) in [5.41, 5.74) is 2.06. The van der Waals surface area contributed by atoms with Gasteiger partial charge in [-0.15, -0.1) is 0 Å². The fraction of sp³-hybridized carbons (Fsp3) is 0.462. The van der Waals surface area contributed by atoms with E-state index in [-0.39, 0.29) is 18.4 Å². The molecule has 0 saturated carbocycles. The first-order valence-corrected chi connectivity index (χ1v) is 11.6. The smallest absolute Gasteiger partial charge is 0.265 e. The minimum atomic E-state index is -0.644. The second kappa shape index (κ2) is 10.1. The number of fused-ring (bicyclic) bond motifs is 1. The van der Waals surface area contributed by atoms with Gasteiger partial charge in [-0.25, -0.2) is 0 Å². The fourth-order valence-corrected chi connectivity index (χ4v) is 4.60. The van der Waals surface area contributed by atoms with Crippen molar-refractivity contribution >= 4 is 17.5 Å². The van der Waals surface area contributed by atoms with Crippen LogP contribution in [0.4, 0.5) is 5.69 Å². The van der Waals surface area contributed by atoms with Crippen molar-refractivity contribution in [3.05, 3.63) is 54.1 Å². The van der Waals surface area contributed by atoms with Crippen LogP contribution in [-0.4, -0.2) is 49.1 Å². The number of aryl methyl sites for hydroxylation is 1. The molecule has 0 aliphatic carbocycles. The lowest BCUT2D eigenvalue weighted by Crippen LogP contribution is -2.53. The molecule has 1 saturated heterocycles. The van der Waals surface area contributed by atoms with Gasteiger partial charge < -0.3 is 19.3 Å². The number of anilines is 1. The average Bonchev–Trinajstić information content (AvgIpc) is 2.83. The number of hydrogen-bond donors (Lipinski definition) is 0. The molecule has 6 nitrogen and oxygen atoms in total. The topological polar surface area (TPSA) is 59.1 Å². The third kappa shape index (κ3) is 5.06. The SMILES string of the molecule is CCOc1ccc(CCC2CCN(C(=O)C3CN(C(C)=O)c4ccccc4O3)CC2)cc1. The summed E-state index contributed by atoms with van der Waals surface area (Å²) < 4.78 is 11.5. The summed E-state index contributed by atoms with van der Waals surface area (Å²) in [6.07, 6.45) is 3.53. The van der Waals surface area contributed by atoms with E-state index in [1.54, 1.807) is 4.90 Å². The van der Waals surface area contributed by atoms with Crippen molar-refractivity contribution in [1.29, 1.82) is 0 Å². The predicted molar refractivity (Wildman–Crippen MR) is 124 cm³/mol. The van der Waals surface area contributed by atoms with Crippen molar-refractivity contribution in [3.63, 3.8) is 0 Å². The lowest BCUT2D eigenvalue weighted by molar-refractivity contribution is -0.140. The second-order valence-electron chi connectivity index (χ2n) is 8.59. The van der Waals surface area contributed by atoms with E-state index in [4.69, 9.17) is 9.47 Å². The Labute approximate surface area is 190 Å². The van der Waals surface area contributed by atoms with E-state index in [2.05, 4.69) is 12.1 Å². The van der Waals surface area contributed by atoms with Crippen LogP contribution in [0.1, 0.15) is 38.7 Å². The van der Waals surface area contributed by atoms with Crippen LogP contribution < -0.4 is 14.4 Å². The first-order chi connectivity index (χ1) is 15.5. The average molecular weight is 437 g/mol. The van der Waals surface area contributed by atoms with Crippen LogP contribution in [0.15, 0.2) is 48.5 Å². The summed E-state index contributed by atoms with van der Waals surface area (Å²) in [5.74, 6) is 2.03. The molecule has 0 radical (unpaired) electrons. The van der Waals surface area contributed by atoms with E-state index in [1.165, 1.54) is 12.5 Å². The Morgan fingerprint density at radius 2 is 1.78 bits per heavy atom. The van der Waals surface area contributed by atoms with Crippen molar-refractivity contribution in [2.75, 3.05) is 31.1 Å². The first kappa shape index (κ1) is 22.2. The highest BCUT2D eigenvalue weighted by Crippen LogP contribution is 2.34. The minimum Gasteiger partial charge on any atom is -0.494 e. The zero-order valence-electron chi connectivity index (χ0n) is 19.0. The number of piperidine rings is 1. The van der Waals surface area contributed by atoms with Gasteiger partial charge in [0, 0.05) is 20.0 Å². The summed E-state index contributed by atoms with van der Waals surface area (Å²) in [6.45, 7) is 5.95. The van der Waals surface area contributed by atoms with Gasteiger partial charge in [-0.1, -0.05) is 24.3 Å². The summed E-state index contributed by atoms with van der Waals surface area (Å²) >= 11 is 0. The Kier molecular flexibility index (Phi) is 6.98. The maximum atomic E-state index is 13.2. The number of para-hydroxylation sites is 2. The highest BCUT2D eigenvalue weighted by atomic mass is 16.5. The van der Waals surface area contributed by atoms with Crippen molar-refractivity contribution in [2.24, 2.45) is 5.92 Å². The number of rotatable bonds is 6. The summed E-state index contributed by atoms with van der Waals surface area (Å²) in [6, 6.07) is 15.8. The van der Waals surface area contributed by atoms with E-state index in [0.29, 0.717) is 18.3 Å². The molecular weight excluding hydrogens is 404 g/mol. The molecule has 2 aromatic rings. The van der Waals surface area contributed by atoms with Crippen LogP contribution in [0.5, 0.6) is 11.5 Å². The van der Waals surface area contributed by atoms with E-state index >= 15 is 0 Å². The largest absolute Gasteiger partial charge is 0.494 e. The molecule has 2 aliphatic rings. The van der Waals surface area contributed by atoms with E-state index in [1.807, 2.05) is 48.2 Å². The van der Waals surface area contributed by atoms with E-state index in [9.17, 15) is 9.59 Å². The molecule has 0 bridgehead atoms. The molecule has 2 amide bonds. The monoisotopic (exact) mass is 436 g/mol. The number of likely N-dealkylation sites (tertiary alicyclic amines) is 1. The lowest BCUT2D eigenvalue weighted by Gasteiger charge is -2.38. The third-order valence-electron chi connectivity index (χ3n) is 6.43. The zero-order valence-corrected chi connectivity index (χ0v) is 19.0. The van der Waals surface area contributed by atoms with Crippen molar-refractivity contribution in [3.8, 4) is 11.5 Å². The van der Waals surface area contributed by atoms with Crippen LogP contribution in [-0.2, 0) is 16.0 Å². The molecule has 32 heavy (non-hydrogen) atoms. The van der Waals surface area contributed by atoms with Crippen LogP contribution in [0, 0.1) is 5.92 Å². The summed E-state index contributed by atoms with van der Waals surface area (Å²) in [5, 5.41) is 0. The van der Waals surface area contributed by atoms with E-state index < -0.39 is 6.10 Å². The van der Waals surface area contributed by atoms with Gasteiger partial charge in [-0.3, -0.25) is 9.59 Å². The maximum Gasteiger partial charge on any atom is 0.265 e. The van der Waals surface area contributed by atoms with Crippen LogP contribution in [0.25, 0.3) is 0 Å². The molecule has 2 aromatic carbocycles. The summed E-state index contributed by atoms with van der Waals surface area (Å²) in [4.78, 5) is 28.8. The maximum absolute atomic E-state index is 13.2. The molecule has 0 aromatic heterocycles. The van der Waals surface area contributed by atoms with Gasteiger partial charge in [0.2, 0.25) is 5.91 Å². The molecule has 0 spiro atoms. The molecular formula is C26H32N2O4. The second-order valence-corrected chi connectivity index (χ2v) is 8.59. The highest BCUT2D eigenvalue weighted by molar-refractivity contribution is 5.95. The molecule has 6 heteroatoms. The molecule has 1 fully saturated rings. The number of nitrogens with zero attached hydrogens (tertiary/aromatic N) is 2. The third-order valence-corrected chi connectivity index (χ3v) is 6.43. The fourth-order valence-electron chi connectivity index (χ4n) is 4.60. The molecule has 1 atom stereocenters. The molecule has 2 aliphatic heterocycles. The van der Waals surface area contributed by atoms with E-state index in [0.717, 1.165) is 50.2 Å². The molecule has 4 rings (SSSR count). The Hall–Kier alpha value is -3.02. The number of hydrogen-bond acceptors (Lipinski definition) is 4. The normalized spacial score (nSPS) is 18.6. The molecule has 170 valence electrons. The number of benzene rings is 2. The van der Waals surface area contributed by atoms with Crippen LogP contribution in [0.2, 0.25) is 0 Å². The Morgan fingerprint density at radius 1 is 1.06 bits per heavy atom. The van der Waals surface area contributed by atoms with Gasteiger partial charge in [-0.05, 0) is 68.4 Å². The molecule has 1 unspecified atom stereocenters. The Morgan fingerprint density at radius 3 is 2.47 bits per heavy atom. The lowest BCUT2D eigenvalue weighted by atomic mass is 9.90. The quantitative estimate of drug-likeness (QED) is 0.685. The Balaban J connectivity index is 1.28. The van der Waals surface area contributed by atoms with Gasteiger partial charge >= 0.3 is 0 Å². The number of carbonyl (C=O) groups is 2. The van der Waals surface area contributed by atoms with Crippen molar-refractivity contribution in [2.45, 2.75) is 45.6 Å². The van der Waals surface area contributed by atoms with Crippen molar-refractivity contribution in [1.82, 2.24) is 4.90 Å². The summed E-state index contributed by atoms with van der Waals surface area (Å²) in [7, 11) is 0. The van der Waals surface area contributed by atoms with Gasteiger partial charge in [0.05, 0.1) is 18.8 Å². The zero-order chi connectivity index (χ0) is 22.5. The van der Waals surface area contributed by atoms with Gasteiger partial charge in [0.15, 0.2) is 6.10 Å². The number of carbonyl (C=O) groups excluding carboxylic acids is 2. The highest BCUT2D eigenvalue weighted by Gasteiger charge is 2.36. The molecule has 0 N–H and O–H groups in total. The van der Waals surface area contributed by atoms with Crippen LogP contribution in [0.3, 0.4) is 0 Å². The van der Waals surface area contributed by atoms with Crippen LogP contribution >= 0.6 is 0 Å².